The number of carbonyl (C=O) groups is 1. The summed E-state index contributed by atoms with van der Waals surface area (Å²) in [6.07, 6.45) is 1.81. The van der Waals surface area contributed by atoms with Crippen molar-refractivity contribution in [3.8, 4) is 0 Å². The van der Waals surface area contributed by atoms with Crippen molar-refractivity contribution >= 4 is 5.91 Å². The minimum atomic E-state index is -0.251. The van der Waals surface area contributed by atoms with Gasteiger partial charge in [0.25, 0.3) is 5.91 Å². The Morgan fingerprint density at radius 2 is 1.96 bits per heavy atom. The molecule has 2 aromatic heterocycles. The molecule has 0 bridgehead atoms. The number of aryl methyl sites for hydroxylation is 2. The fourth-order valence-corrected chi connectivity index (χ4v) is 3.37. The van der Waals surface area contributed by atoms with Gasteiger partial charge in [0, 0.05) is 18.7 Å². The maximum atomic E-state index is 13.1. The van der Waals surface area contributed by atoms with Crippen molar-refractivity contribution in [2.75, 3.05) is 0 Å². The molecule has 3 heterocycles. The van der Waals surface area contributed by atoms with Crippen molar-refractivity contribution in [1.82, 2.24) is 24.5 Å². The predicted octanol–water partition coefficient (Wildman–Crippen LogP) is 2.75. The molecule has 0 spiro atoms. The van der Waals surface area contributed by atoms with Crippen LogP contribution in [0.4, 0.5) is 4.39 Å². The molecule has 7 heteroatoms. The topological polar surface area (TPSA) is 56.0 Å². The van der Waals surface area contributed by atoms with E-state index < -0.39 is 0 Å². The zero-order valence-corrected chi connectivity index (χ0v) is 14.8. The van der Waals surface area contributed by atoms with Crippen LogP contribution in [0.2, 0.25) is 0 Å². The lowest BCUT2D eigenvalue weighted by Crippen LogP contribution is -2.28. The summed E-state index contributed by atoms with van der Waals surface area (Å²) < 4.78 is 16.7. The van der Waals surface area contributed by atoms with Gasteiger partial charge in [-0.1, -0.05) is 12.1 Å². The van der Waals surface area contributed by atoms with E-state index in [0.29, 0.717) is 31.9 Å². The monoisotopic (exact) mass is 353 g/mol. The summed E-state index contributed by atoms with van der Waals surface area (Å²) in [5.41, 5.74) is 4.52. The molecule has 1 aliphatic heterocycles. The van der Waals surface area contributed by atoms with Crippen LogP contribution in [0.1, 0.15) is 39.9 Å². The standard InChI is InChI=1S/C19H20FN5O/c1-3-24-17(8-13(2)22-24)19(26)23-11-15-9-21-25(18(15)12-23)10-14-4-6-16(20)7-5-14/h4-9H,3,10-12H2,1-2H3. The number of rotatable bonds is 4. The van der Waals surface area contributed by atoms with E-state index in [4.69, 9.17) is 0 Å². The fourth-order valence-electron chi connectivity index (χ4n) is 3.37. The highest BCUT2D eigenvalue weighted by molar-refractivity contribution is 5.93. The number of halogens is 1. The van der Waals surface area contributed by atoms with Crippen LogP contribution in [0, 0.1) is 12.7 Å². The van der Waals surface area contributed by atoms with Gasteiger partial charge in [-0.05, 0) is 37.6 Å². The second kappa shape index (κ2) is 6.40. The first kappa shape index (κ1) is 16.5. The van der Waals surface area contributed by atoms with E-state index in [9.17, 15) is 9.18 Å². The van der Waals surface area contributed by atoms with Crippen molar-refractivity contribution in [2.45, 2.75) is 40.0 Å². The Bertz CT molecular complexity index is 957. The number of nitrogens with zero attached hydrogens (tertiary/aromatic N) is 5. The van der Waals surface area contributed by atoms with E-state index in [2.05, 4.69) is 10.2 Å². The van der Waals surface area contributed by atoms with Gasteiger partial charge in [-0.3, -0.25) is 14.2 Å². The van der Waals surface area contributed by atoms with Gasteiger partial charge in [0.15, 0.2) is 0 Å². The fraction of sp³-hybridized carbons (Fsp3) is 0.316. The number of fused-ring (bicyclic) bond motifs is 1. The van der Waals surface area contributed by atoms with Crippen LogP contribution < -0.4 is 0 Å². The molecule has 4 rings (SSSR count). The summed E-state index contributed by atoms with van der Waals surface area (Å²) in [6, 6.07) is 8.24. The summed E-state index contributed by atoms with van der Waals surface area (Å²) in [5.74, 6) is -0.268. The molecule has 0 N–H and O–H groups in total. The van der Waals surface area contributed by atoms with Crippen molar-refractivity contribution in [3.63, 3.8) is 0 Å². The van der Waals surface area contributed by atoms with Crippen molar-refractivity contribution in [2.24, 2.45) is 0 Å². The highest BCUT2D eigenvalue weighted by Gasteiger charge is 2.29. The maximum Gasteiger partial charge on any atom is 0.272 e. The maximum absolute atomic E-state index is 13.1. The average molecular weight is 353 g/mol. The lowest BCUT2D eigenvalue weighted by atomic mass is 10.2. The Balaban J connectivity index is 1.53. The molecule has 0 saturated heterocycles. The molecule has 3 aromatic rings. The molecule has 6 nitrogen and oxygen atoms in total. The Morgan fingerprint density at radius 3 is 2.69 bits per heavy atom. The van der Waals surface area contributed by atoms with Gasteiger partial charge in [0.2, 0.25) is 0 Å². The number of benzene rings is 1. The van der Waals surface area contributed by atoms with E-state index in [0.717, 1.165) is 22.5 Å². The van der Waals surface area contributed by atoms with Crippen LogP contribution in [0.5, 0.6) is 0 Å². The van der Waals surface area contributed by atoms with Crippen LogP contribution >= 0.6 is 0 Å². The molecule has 1 aromatic carbocycles. The van der Waals surface area contributed by atoms with E-state index in [-0.39, 0.29) is 11.7 Å². The smallest absolute Gasteiger partial charge is 0.272 e. The van der Waals surface area contributed by atoms with E-state index in [1.54, 1.807) is 16.8 Å². The Kier molecular flexibility index (Phi) is 4.06. The number of hydrogen-bond acceptors (Lipinski definition) is 3. The van der Waals surface area contributed by atoms with Gasteiger partial charge < -0.3 is 4.90 Å². The number of carbonyl (C=O) groups excluding carboxylic acids is 1. The minimum Gasteiger partial charge on any atom is -0.327 e. The third-order valence-electron chi connectivity index (χ3n) is 4.69. The van der Waals surface area contributed by atoms with Gasteiger partial charge in [-0.2, -0.15) is 10.2 Å². The lowest BCUT2D eigenvalue weighted by molar-refractivity contribution is 0.0735. The van der Waals surface area contributed by atoms with Gasteiger partial charge >= 0.3 is 0 Å². The zero-order valence-electron chi connectivity index (χ0n) is 14.8. The normalized spacial score (nSPS) is 13.3. The van der Waals surface area contributed by atoms with E-state index in [1.807, 2.05) is 35.7 Å². The molecule has 0 aliphatic carbocycles. The van der Waals surface area contributed by atoms with E-state index >= 15 is 0 Å². The highest BCUT2D eigenvalue weighted by atomic mass is 19.1. The quantitative estimate of drug-likeness (QED) is 0.725. The van der Waals surface area contributed by atoms with Gasteiger partial charge in [0.1, 0.15) is 11.5 Å². The minimum absolute atomic E-state index is 0.0167. The van der Waals surface area contributed by atoms with Crippen molar-refractivity contribution < 1.29 is 9.18 Å². The summed E-state index contributed by atoms with van der Waals surface area (Å²) in [6.45, 7) is 6.15. The largest absolute Gasteiger partial charge is 0.327 e. The van der Waals surface area contributed by atoms with Crippen LogP contribution in [0.25, 0.3) is 0 Å². The Morgan fingerprint density at radius 1 is 1.19 bits per heavy atom. The van der Waals surface area contributed by atoms with Crippen LogP contribution in [0.3, 0.4) is 0 Å². The molecule has 0 atom stereocenters. The zero-order chi connectivity index (χ0) is 18.3. The first-order valence-corrected chi connectivity index (χ1v) is 8.67. The summed E-state index contributed by atoms with van der Waals surface area (Å²) in [5, 5.41) is 8.79. The lowest BCUT2D eigenvalue weighted by Gasteiger charge is -2.16. The summed E-state index contributed by atoms with van der Waals surface area (Å²) >= 11 is 0. The molecule has 26 heavy (non-hydrogen) atoms. The number of amides is 1. The highest BCUT2D eigenvalue weighted by Crippen LogP contribution is 2.25. The molecule has 0 fully saturated rings. The average Bonchev–Trinajstić information content (AvgIpc) is 3.31. The second-order valence-corrected chi connectivity index (χ2v) is 6.55. The van der Waals surface area contributed by atoms with Gasteiger partial charge in [-0.15, -0.1) is 0 Å². The Labute approximate surface area is 150 Å². The summed E-state index contributed by atoms with van der Waals surface area (Å²) in [4.78, 5) is 14.7. The molecule has 0 saturated carbocycles. The van der Waals surface area contributed by atoms with Gasteiger partial charge in [0.05, 0.1) is 30.7 Å². The third kappa shape index (κ3) is 2.89. The summed E-state index contributed by atoms with van der Waals surface area (Å²) in [7, 11) is 0. The van der Waals surface area contributed by atoms with E-state index in [1.165, 1.54) is 12.1 Å². The SMILES string of the molecule is CCn1nc(C)cc1C(=O)N1Cc2cnn(Cc3ccc(F)cc3)c2C1. The molecule has 134 valence electrons. The first-order valence-electron chi connectivity index (χ1n) is 8.67. The molecular weight excluding hydrogens is 333 g/mol. The molecule has 1 aliphatic rings. The first-order chi connectivity index (χ1) is 12.5. The Hall–Kier alpha value is -2.96. The number of aromatic nitrogens is 4. The predicted molar refractivity (Wildman–Crippen MR) is 93.9 cm³/mol. The molecule has 1 amide bonds. The van der Waals surface area contributed by atoms with Crippen LogP contribution in [0.15, 0.2) is 36.5 Å². The van der Waals surface area contributed by atoms with Gasteiger partial charge in [-0.25, -0.2) is 4.39 Å². The second-order valence-electron chi connectivity index (χ2n) is 6.55. The number of hydrogen-bond donors (Lipinski definition) is 0. The third-order valence-corrected chi connectivity index (χ3v) is 4.69. The molecular formula is C19H20FN5O. The van der Waals surface area contributed by atoms with Crippen molar-refractivity contribution in [3.05, 3.63) is 70.6 Å². The molecule has 0 unspecified atom stereocenters. The van der Waals surface area contributed by atoms with Crippen molar-refractivity contribution in [1.29, 1.82) is 0 Å². The van der Waals surface area contributed by atoms with Crippen LogP contribution in [-0.4, -0.2) is 30.4 Å². The molecule has 0 radical (unpaired) electrons. The van der Waals surface area contributed by atoms with Crippen LogP contribution in [-0.2, 0) is 26.2 Å².